The van der Waals surface area contributed by atoms with Crippen LogP contribution < -0.4 is 16.4 Å². The third kappa shape index (κ3) is 9.67. The molecule has 1 aliphatic heterocycles. The quantitative estimate of drug-likeness (QED) is 0.114. The van der Waals surface area contributed by atoms with Crippen LogP contribution in [0.1, 0.15) is 41.5 Å². The molecular formula is C33H41F6N7O2. The van der Waals surface area contributed by atoms with Crippen molar-refractivity contribution in [2.24, 2.45) is 0 Å². The number of allylic oxidation sites excluding steroid dienone is 3. The van der Waals surface area contributed by atoms with Crippen LogP contribution in [0.2, 0.25) is 0 Å². The molecule has 0 aliphatic carbocycles. The van der Waals surface area contributed by atoms with E-state index in [-0.39, 0.29) is 24.4 Å². The molecule has 3 aromatic rings. The molecule has 4 N–H and O–H groups in total. The number of fused-ring (bicyclic) bond motifs is 1. The number of piperazine rings is 1. The van der Waals surface area contributed by atoms with Crippen molar-refractivity contribution < 1.29 is 35.9 Å². The number of nitrogens with two attached hydrogens (primary N) is 1. The van der Waals surface area contributed by atoms with E-state index in [4.69, 9.17) is 5.73 Å². The van der Waals surface area contributed by atoms with Crippen molar-refractivity contribution in [3.63, 3.8) is 0 Å². The first-order chi connectivity index (χ1) is 22.5. The van der Waals surface area contributed by atoms with Crippen LogP contribution in [0.4, 0.5) is 32.2 Å². The fraction of sp³-hybridized carbons (Fsp3) is 0.424. The Morgan fingerprint density at radius 3 is 2.23 bits per heavy atom. The second kappa shape index (κ2) is 16.3. The smallest absolute Gasteiger partial charge is 0.392 e. The normalized spacial score (nSPS) is 16.2. The molecule has 0 amide bonds. The first-order valence-corrected chi connectivity index (χ1v) is 15.2. The van der Waals surface area contributed by atoms with Crippen LogP contribution in [0.5, 0.6) is 0 Å². The molecule has 1 unspecified atom stereocenters. The fourth-order valence-corrected chi connectivity index (χ4v) is 5.60. The minimum Gasteiger partial charge on any atom is -0.392 e. The standard InChI is InChI=1S/C23H26F3N5O.C10H15F3N2O/c1-15-18(13-32)11-20-19(17-3-4-21(27)28-12-17)5-6-31(20)22(15)16(2)30-9-7-29(8-10-30)14-23(24,25)26;1-7(15-3)4-9(10(11,12)13)8(6-16)5-14-2/h3-6,11-13,16H,7-10,14H2,1-2H3,(H2,27,28);4,6,14-15H,5H2,1-3H3/b;7-4-,9-8+. The Kier molecular flexibility index (Phi) is 13.0. The molecule has 48 heavy (non-hydrogen) atoms. The molecule has 0 bridgehead atoms. The summed E-state index contributed by atoms with van der Waals surface area (Å²) in [6, 6.07) is 7.40. The number of pyridine rings is 2. The van der Waals surface area contributed by atoms with Gasteiger partial charge in [0.2, 0.25) is 0 Å². The molecule has 0 radical (unpaired) electrons. The number of hydrogen-bond acceptors (Lipinski definition) is 8. The zero-order chi connectivity index (χ0) is 35.8. The summed E-state index contributed by atoms with van der Waals surface area (Å²) in [5.74, 6) is 0.431. The summed E-state index contributed by atoms with van der Waals surface area (Å²) in [6.07, 6.45) is -3.06. The maximum Gasteiger partial charge on any atom is 0.416 e. The van der Waals surface area contributed by atoms with E-state index in [0.29, 0.717) is 43.3 Å². The highest BCUT2D eigenvalue weighted by molar-refractivity contribution is 5.87. The Bertz CT molecular complexity index is 1620. The average molecular weight is 682 g/mol. The number of aldehydes is 2. The molecule has 0 spiro atoms. The summed E-state index contributed by atoms with van der Waals surface area (Å²) >= 11 is 0. The maximum atomic E-state index is 12.7. The second-order valence-electron chi connectivity index (χ2n) is 11.4. The van der Waals surface area contributed by atoms with Gasteiger partial charge >= 0.3 is 12.4 Å². The Balaban J connectivity index is 0.000000332. The topological polar surface area (TPSA) is 108 Å². The van der Waals surface area contributed by atoms with Crippen molar-refractivity contribution >= 4 is 23.9 Å². The zero-order valence-corrected chi connectivity index (χ0v) is 27.5. The van der Waals surface area contributed by atoms with Gasteiger partial charge in [0.15, 0.2) is 0 Å². The number of nitrogen functional groups attached to an aromatic ring is 1. The predicted octanol–water partition coefficient (Wildman–Crippen LogP) is 5.33. The molecule has 1 fully saturated rings. The molecule has 1 atom stereocenters. The Morgan fingerprint density at radius 1 is 1.06 bits per heavy atom. The molecule has 9 nitrogen and oxygen atoms in total. The summed E-state index contributed by atoms with van der Waals surface area (Å²) in [5, 5.41) is 5.10. The average Bonchev–Trinajstić information content (AvgIpc) is 3.45. The van der Waals surface area contributed by atoms with Crippen LogP contribution in [-0.2, 0) is 4.79 Å². The van der Waals surface area contributed by atoms with Crippen LogP contribution in [0.15, 0.2) is 59.6 Å². The fourth-order valence-electron chi connectivity index (χ4n) is 5.60. The predicted molar refractivity (Wildman–Crippen MR) is 174 cm³/mol. The molecule has 3 aromatic heterocycles. The second-order valence-corrected chi connectivity index (χ2v) is 11.4. The summed E-state index contributed by atoms with van der Waals surface area (Å²) in [5.41, 5.74) is 9.94. The lowest BCUT2D eigenvalue weighted by molar-refractivity contribution is -0.149. The Hall–Kier alpha value is -4.21. The van der Waals surface area contributed by atoms with Crippen LogP contribution in [-0.4, -0.2) is 97.5 Å². The molecule has 1 saturated heterocycles. The van der Waals surface area contributed by atoms with Gasteiger partial charge in [0.05, 0.1) is 17.6 Å². The number of aromatic nitrogens is 2. The number of halogens is 6. The first kappa shape index (κ1) is 38.2. The SMILES string of the molecule is CNC/C(C=O)=C(/C=C(/C)NC)C(F)(F)F.Cc1c(C=O)cc2c(-c3ccc(N)nc3)ccn2c1C(C)N1CCN(CC(F)(F)F)CC1. The highest BCUT2D eigenvalue weighted by Crippen LogP contribution is 2.34. The van der Waals surface area contributed by atoms with Crippen molar-refractivity contribution in [1.29, 1.82) is 0 Å². The van der Waals surface area contributed by atoms with Gasteiger partial charge in [0, 0.05) is 91.9 Å². The van der Waals surface area contributed by atoms with E-state index in [9.17, 15) is 35.9 Å². The largest absolute Gasteiger partial charge is 0.416 e. The van der Waals surface area contributed by atoms with Gasteiger partial charge in [-0.3, -0.25) is 19.4 Å². The monoisotopic (exact) mass is 681 g/mol. The number of nitrogens with one attached hydrogen (secondary N) is 2. The van der Waals surface area contributed by atoms with E-state index in [1.807, 2.05) is 38.2 Å². The van der Waals surface area contributed by atoms with Crippen LogP contribution in [0.3, 0.4) is 0 Å². The number of carbonyl (C=O) groups excluding carboxylic acids is 2. The van der Waals surface area contributed by atoms with Crippen LogP contribution >= 0.6 is 0 Å². The van der Waals surface area contributed by atoms with Gasteiger partial charge in [-0.25, -0.2) is 4.98 Å². The molecule has 4 rings (SSSR count). The number of nitrogens with zero attached hydrogens (tertiary/aromatic N) is 4. The maximum absolute atomic E-state index is 12.7. The van der Waals surface area contributed by atoms with Gasteiger partial charge in [-0.2, -0.15) is 26.3 Å². The van der Waals surface area contributed by atoms with E-state index in [1.54, 1.807) is 12.3 Å². The molecule has 0 aromatic carbocycles. The van der Waals surface area contributed by atoms with E-state index < -0.39 is 24.5 Å². The third-order valence-electron chi connectivity index (χ3n) is 8.19. The molecule has 1 aliphatic rings. The molecule has 15 heteroatoms. The van der Waals surface area contributed by atoms with Crippen molar-refractivity contribution in [2.75, 3.05) is 59.1 Å². The van der Waals surface area contributed by atoms with Gasteiger partial charge in [0.25, 0.3) is 0 Å². The van der Waals surface area contributed by atoms with E-state index in [1.165, 1.54) is 25.9 Å². The number of carbonyl (C=O) groups is 2. The van der Waals surface area contributed by atoms with Crippen molar-refractivity contribution in [3.8, 4) is 11.1 Å². The Morgan fingerprint density at radius 2 is 1.73 bits per heavy atom. The van der Waals surface area contributed by atoms with Crippen molar-refractivity contribution in [1.82, 2.24) is 29.8 Å². The van der Waals surface area contributed by atoms with Gasteiger partial charge in [0.1, 0.15) is 18.4 Å². The summed E-state index contributed by atoms with van der Waals surface area (Å²) in [4.78, 5) is 30.2. The highest BCUT2D eigenvalue weighted by Gasteiger charge is 2.35. The lowest BCUT2D eigenvalue weighted by Crippen LogP contribution is -2.49. The number of alkyl halides is 6. The molecule has 262 valence electrons. The van der Waals surface area contributed by atoms with Crippen LogP contribution in [0.25, 0.3) is 16.6 Å². The minimum atomic E-state index is -4.54. The van der Waals surface area contributed by atoms with Gasteiger partial charge in [-0.15, -0.1) is 0 Å². The van der Waals surface area contributed by atoms with E-state index in [0.717, 1.165) is 40.3 Å². The first-order valence-electron chi connectivity index (χ1n) is 15.2. The number of anilines is 1. The molecular weight excluding hydrogens is 640 g/mol. The highest BCUT2D eigenvalue weighted by atomic mass is 19.4. The van der Waals surface area contributed by atoms with Crippen molar-refractivity contribution in [3.05, 3.63) is 76.4 Å². The lowest BCUT2D eigenvalue weighted by Gasteiger charge is -2.39. The Labute approximate surface area is 275 Å². The van der Waals surface area contributed by atoms with Crippen LogP contribution in [0, 0.1) is 6.92 Å². The number of hydrogen-bond donors (Lipinski definition) is 3. The molecule has 4 heterocycles. The summed E-state index contributed by atoms with van der Waals surface area (Å²) in [7, 11) is 2.99. The minimum absolute atomic E-state index is 0.0739. The third-order valence-corrected chi connectivity index (χ3v) is 8.19. The molecule has 0 saturated carbocycles. The van der Waals surface area contributed by atoms with Crippen molar-refractivity contribution in [2.45, 2.75) is 39.2 Å². The van der Waals surface area contributed by atoms with E-state index in [2.05, 4.69) is 24.9 Å². The van der Waals surface area contributed by atoms with E-state index >= 15 is 0 Å². The summed E-state index contributed by atoms with van der Waals surface area (Å²) < 4.78 is 78.2. The lowest BCUT2D eigenvalue weighted by atomic mass is 10.0. The van der Waals surface area contributed by atoms with Gasteiger partial charge in [-0.1, -0.05) is 0 Å². The van der Waals surface area contributed by atoms with Gasteiger partial charge < -0.3 is 20.8 Å². The summed E-state index contributed by atoms with van der Waals surface area (Å²) in [6.45, 7) is 6.22. The van der Waals surface area contributed by atoms with Gasteiger partial charge in [-0.05, 0) is 63.7 Å². The number of rotatable bonds is 10. The zero-order valence-electron chi connectivity index (χ0n) is 27.5. The number of likely N-dealkylation sites (N-methyl/N-ethyl adjacent to an activating group) is 1.